The van der Waals surface area contributed by atoms with Crippen LogP contribution in [0.5, 0.6) is 0 Å². The van der Waals surface area contributed by atoms with Crippen molar-refractivity contribution in [3.63, 3.8) is 0 Å². The highest BCUT2D eigenvalue weighted by Gasteiger charge is 2.56. The van der Waals surface area contributed by atoms with Crippen molar-refractivity contribution in [3.05, 3.63) is 65.5 Å². The Balaban J connectivity index is 1.49. The molecule has 3 aliphatic heterocycles. The summed E-state index contributed by atoms with van der Waals surface area (Å²) in [6.45, 7) is 1.33. The molecule has 0 aliphatic carbocycles. The van der Waals surface area contributed by atoms with Gasteiger partial charge in [0.2, 0.25) is 5.91 Å². The van der Waals surface area contributed by atoms with Crippen LogP contribution in [0.2, 0.25) is 0 Å². The quantitative estimate of drug-likeness (QED) is 0.822. The number of ether oxygens (including phenoxy) is 1. The molecule has 2 amide bonds. The third-order valence-corrected chi connectivity index (χ3v) is 6.83. The fraction of sp³-hybridized carbons (Fsp3) is 0.417. The van der Waals surface area contributed by atoms with Crippen LogP contribution >= 0.6 is 0 Å². The molecule has 3 heterocycles. The van der Waals surface area contributed by atoms with Crippen LogP contribution in [0.3, 0.4) is 0 Å². The number of aliphatic hydroxyl groups excluding tert-OH is 1. The fourth-order valence-electron chi connectivity index (χ4n) is 5.32. The molecular weight excluding hydrogens is 399 g/mol. The summed E-state index contributed by atoms with van der Waals surface area (Å²) in [5, 5.41) is 10.1. The van der Waals surface area contributed by atoms with E-state index in [-0.39, 0.29) is 47.9 Å². The highest BCUT2D eigenvalue weighted by Crippen LogP contribution is 2.49. The van der Waals surface area contributed by atoms with Crippen LogP contribution in [0.25, 0.3) is 0 Å². The van der Waals surface area contributed by atoms with E-state index in [1.807, 2.05) is 24.3 Å². The summed E-state index contributed by atoms with van der Waals surface area (Å²) in [5.74, 6) is -0.873. The van der Waals surface area contributed by atoms with E-state index in [1.165, 1.54) is 18.2 Å². The number of fused-ring (bicyclic) bond motifs is 3. The third-order valence-electron chi connectivity index (χ3n) is 6.83. The first kappa shape index (κ1) is 20.2. The van der Waals surface area contributed by atoms with Gasteiger partial charge in [0.15, 0.2) is 0 Å². The van der Waals surface area contributed by atoms with Crippen molar-refractivity contribution >= 4 is 17.5 Å². The highest BCUT2D eigenvalue weighted by atomic mass is 19.1. The van der Waals surface area contributed by atoms with Gasteiger partial charge in [-0.15, -0.1) is 0 Å². The van der Waals surface area contributed by atoms with E-state index < -0.39 is 5.82 Å². The summed E-state index contributed by atoms with van der Waals surface area (Å²) in [7, 11) is 0. The number of benzene rings is 2. The monoisotopic (exact) mass is 424 g/mol. The number of halogens is 1. The van der Waals surface area contributed by atoms with E-state index in [9.17, 15) is 19.1 Å². The summed E-state index contributed by atoms with van der Waals surface area (Å²) >= 11 is 0. The Hall–Kier alpha value is -2.77. The minimum absolute atomic E-state index is 0.0263. The largest absolute Gasteiger partial charge is 0.394 e. The van der Waals surface area contributed by atoms with E-state index in [2.05, 4.69) is 0 Å². The molecule has 6 nitrogen and oxygen atoms in total. The molecule has 3 atom stereocenters. The molecule has 0 saturated carbocycles. The van der Waals surface area contributed by atoms with Gasteiger partial charge >= 0.3 is 0 Å². The van der Waals surface area contributed by atoms with Gasteiger partial charge in [0.1, 0.15) is 5.82 Å². The maximum Gasteiger partial charge on any atom is 0.258 e. The van der Waals surface area contributed by atoms with E-state index in [0.29, 0.717) is 32.6 Å². The van der Waals surface area contributed by atoms with E-state index in [0.717, 1.165) is 11.3 Å². The van der Waals surface area contributed by atoms with Gasteiger partial charge in [0.05, 0.1) is 18.7 Å². The maximum absolute atomic E-state index is 13.7. The smallest absolute Gasteiger partial charge is 0.258 e. The zero-order valence-electron chi connectivity index (χ0n) is 17.1. The Morgan fingerprint density at radius 3 is 2.61 bits per heavy atom. The zero-order chi connectivity index (χ0) is 21.5. The van der Waals surface area contributed by atoms with Crippen molar-refractivity contribution < 1.29 is 23.8 Å². The van der Waals surface area contributed by atoms with E-state index >= 15 is 0 Å². The molecule has 0 bridgehead atoms. The molecule has 5 rings (SSSR count). The lowest BCUT2D eigenvalue weighted by Gasteiger charge is -2.59. The molecular formula is C24H25FN2O4. The Morgan fingerprint density at radius 1 is 1.10 bits per heavy atom. The average molecular weight is 424 g/mol. The van der Waals surface area contributed by atoms with Crippen molar-refractivity contribution in [1.82, 2.24) is 4.90 Å². The molecule has 0 aromatic heterocycles. The number of carbonyl (C=O) groups excluding carboxylic acids is 2. The Kier molecular flexibility index (Phi) is 5.24. The number of rotatable bonds is 3. The van der Waals surface area contributed by atoms with Gasteiger partial charge in [0, 0.05) is 42.8 Å². The number of nitrogens with zero attached hydrogens (tertiary/aromatic N) is 2. The molecule has 2 fully saturated rings. The number of hydrogen-bond acceptors (Lipinski definition) is 4. The second kappa shape index (κ2) is 8.05. The predicted molar refractivity (Wildman–Crippen MR) is 112 cm³/mol. The molecule has 2 aromatic carbocycles. The molecule has 0 radical (unpaired) electrons. The lowest BCUT2D eigenvalue weighted by atomic mass is 9.71. The van der Waals surface area contributed by atoms with Crippen molar-refractivity contribution in [2.45, 2.75) is 30.8 Å². The molecule has 0 unspecified atom stereocenters. The number of hydrogen-bond donors (Lipinski definition) is 1. The molecule has 31 heavy (non-hydrogen) atoms. The van der Waals surface area contributed by atoms with Gasteiger partial charge in [-0.2, -0.15) is 0 Å². The standard InChI is InChI=1S/C24H25FN2O4/c25-17-5-3-4-16(12-17)23(29)26-13-20-22(18-6-1-2-7-19(18)26)21(14-28)27(20)24(30)15-8-10-31-11-9-15/h1-7,12,15,20-22,28H,8-11,13-14H2/t20-,21+,22+/m0/s1. The molecule has 1 N–H and O–H groups in total. The van der Waals surface area contributed by atoms with Crippen molar-refractivity contribution in [2.75, 3.05) is 31.3 Å². The second-order valence-corrected chi connectivity index (χ2v) is 8.46. The van der Waals surface area contributed by atoms with Gasteiger partial charge in [0.25, 0.3) is 5.91 Å². The third kappa shape index (κ3) is 3.32. The number of anilines is 1. The summed E-state index contributed by atoms with van der Waals surface area (Å²) < 4.78 is 19.1. The molecule has 3 aliphatic rings. The maximum atomic E-state index is 13.7. The summed E-state index contributed by atoms with van der Waals surface area (Å²) in [4.78, 5) is 30.0. The van der Waals surface area contributed by atoms with Crippen LogP contribution in [0.4, 0.5) is 10.1 Å². The Morgan fingerprint density at radius 2 is 1.87 bits per heavy atom. The molecule has 0 spiro atoms. The Labute approximate surface area is 180 Å². The topological polar surface area (TPSA) is 70.1 Å². The number of para-hydroxylation sites is 1. The zero-order valence-corrected chi connectivity index (χ0v) is 17.1. The van der Waals surface area contributed by atoms with Gasteiger partial charge < -0.3 is 19.6 Å². The van der Waals surface area contributed by atoms with Crippen LogP contribution in [-0.4, -0.2) is 60.3 Å². The molecule has 7 heteroatoms. The van der Waals surface area contributed by atoms with Gasteiger partial charge in [-0.05, 0) is 42.7 Å². The summed E-state index contributed by atoms with van der Waals surface area (Å²) in [6, 6.07) is 12.8. The van der Waals surface area contributed by atoms with Crippen LogP contribution in [-0.2, 0) is 9.53 Å². The summed E-state index contributed by atoms with van der Waals surface area (Å²) in [6.07, 6.45) is 1.35. The van der Waals surface area contributed by atoms with Gasteiger partial charge in [-0.1, -0.05) is 24.3 Å². The number of carbonyl (C=O) groups is 2. The Bertz CT molecular complexity index is 1010. The van der Waals surface area contributed by atoms with Gasteiger partial charge in [-0.3, -0.25) is 9.59 Å². The number of aliphatic hydroxyl groups is 1. The normalized spacial score (nSPS) is 25.4. The lowest BCUT2D eigenvalue weighted by molar-refractivity contribution is -0.157. The first-order valence-electron chi connectivity index (χ1n) is 10.8. The lowest BCUT2D eigenvalue weighted by Crippen LogP contribution is -2.71. The van der Waals surface area contributed by atoms with Gasteiger partial charge in [-0.25, -0.2) is 4.39 Å². The second-order valence-electron chi connectivity index (χ2n) is 8.46. The minimum atomic E-state index is -0.464. The van der Waals surface area contributed by atoms with Crippen molar-refractivity contribution in [1.29, 1.82) is 0 Å². The van der Waals surface area contributed by atoms with E-state index in [4.69, 9.17) is 4.74 Å². The highest BCUT2D eigenvalue weighted by molar-refractivity contribution is 6.07. The van der Waals surface area contributed by atoms with Crippen molar-refractivity contribution in [3.8, 4) is 0 Å². The molecule has 2 saturated heterocycles. The number of likely N-dealkylation sites (tertiary alicyclic amines) is 1. The summed E-state index contributed by atoms with van der Waals surface area (Å²) in [5.41, 5.74) is 1.97. The first-order chi connectivity index (χ1) is 15.1. The van der Waals surface area contributed by atoms with Crippen LogP contribution < -0.4 is 4.90 Å². The van der Waals surface area contributed by atoms with Crippen LogP contribution in [0, 0.1) is 11.7 Å². The van der Waals surface area contributed by atoms with Crippen molar-refractivity contribution in [2.24, 2.45) is 5.92 Å². The van der Waals surface area contributed by atoms with E-state index in [1.54, 1.807) is 15.9 Å². The average Bonchev–Trinajstić information content (AvgIpc) is 2.79. The fourth-order valence-corrected chi connectivity index (χ4v) is 5.32. The van der Waals surface area contributed by atoms with Crippen LogP contribution in [0.1, 0.15) is 34.7 Å². The predicted octanol–water partition coefficient (Wildman–Crippen LogP) is 2.57. The molecule has 2 aromatic rings. The minimum Gasteiger partial charge on any atom is -0.394 e. The molecule has 162 valence electrons. The number of amides is 2. The first-order valence-corrected chi connectivity index (χ1v) is 10.8. The van der Waals surface area contributed by atoms with Crippen LogP contribution in [0.15, 0.2) is 48.5 Å². The SMILES string of the molecule is O=C(c1cccc(F)c1)N1C[C@H]2[C@@H](c3ccccc31)[C@@H](CO)N2C(=O)C1CCOCC1.